The van der Waals surface area contributed by atoms with Gasteiger partial charge in [-0.1, -0.05) is 6.07 Å². The zero-order chi connectivity index (χ0) is 11.9. The molecule has 84 valence electrons. The van der Waals surface area contributed by atoms with E-state index in [2.05, 4.69) is 4.98 Å². The van der Waals surface area contributed by atoms with E-state index in [1.54, 1.807) is 38.4 Å². The summed E-state index contributed by atoms with van der Waals surface area (Å²) in [7, 11) is 3.09. The van der Waals surface area contributed by atoms with Crippen molar-refractivity contribution < 1.29 is 9.59 Å². The molecule has 5 nitrogen and oxygen atoms in total. The molecular formula is C11H13N3O2. The Morgan fingerprint density at radius 3 is 2.38 bits per heavy atom. The lowest BCUT2D eigenvalue weighted by Crippen LogP contribution is -2.42. The summed E-state index contributed by atoms with van der Waals surface area (Å²) in [6.45, 7) is 1.71. The van der Waals surface area contributed by atoms with E-state index in [-0.39, 0.29) is 11.9 Å². The molecule has 0 bridgehead atoms. The minimum absolute atomic E-state index is 0.251. The smallest absolute Gasteiger partial charge is 0.307 e. The Balaban J connectivity index is 2.54. The fraction of sp³-hybridized carbons (Fsp3) is 0.364. The van der Waals surface area contributed by atoms with Gasteiger partial charge in [0.2, 0.25) is 0 Å². The number of amides is 3. The number of hydrogen-bond donors (Lipinski definition) is 0. The number of carbonyl (C=O) groups is 2. The highest BCUT2D eigenvalue weighted by atomic mass is 16.2. The first-order chi connectivity index (χ1) is 7.49. The topological polar surface area (TPSA) is 53.5 Å². The fourth-order valence-electron chi connectivity index (χ4n) is 1.91. The van der Waals surface area contributed by atoms with E-state index in [1.807, 2.05) is 0 Å². The van der Waals surface area contributed by atoms with Crippen LogP contribution in [0.25, 0.3) is 0 Å². The largest absolute Gasteiger partial charge is 0.327 e. The van der Waals surface area contributed by atoms with Crippen LogP contribution in [0.2, 0.25) is 0 Å². The molecule has 0 saturated carbocycles. The third kappa shape index (κ3) is 1.14. The zero-order valence-electron chi connectivity index (χ0n) is 9.47. The van der Waals surface area contributed by atoms with E-state index < -0.39 is 5.54 Å². The number of aromatic nitrogens is 1. The molecule has 5 heteroatoms. The molecule has 0 unspecified atom stereocenters. The lowest BCUT2D eigenvalue weighted by Gasteiger charge is -2.27. The van der Waals surface area contributed by atoms with Crippen LogP contribution in [0, 0.1) is 0 Å². The highest BCUT2D eigenvalue weighted by Gasteiger charge is 2.53. The molecular weight excluding hydrogens is 206 g/mol. The normalized spacial score (nSPS) is 25.4. The first-order valence-electron chi connectivity index (χ1n) is 4.97. The van der Waals surface area contributed by atoms with Gasteiger partial charge in [0.15, 0.2) is 5.54 Å². The van der Waals surface area contributed by atoms with Gasteiger partial charge in [0, 0.05) is 20.3 Å². The van der Waals surface area contributed by atoms with Crippen molar-refractivity contribution in [3.05, 3.63) is 30.1 Å². The summed E-state index contributed by atoms with van der Waals surface area (Å²) in [6.07, 6.45) is 1.62. The molecule has 0 aromatic carbocycles. The summed E-state index contributed by atoms with van der Waals surface area (Å²) >= 11 is 0. The van der Waals surface area contributed by atoms with Crippen LogP contribution in [-0.4, -0.2) is 40.8 Å². The Bertz CT molecular complexity index is 446. The second-order valence-corrected chi connectivity index (χ2v) is 3.99. The molecule has 1 aromatic heterocycles. The van der Waals surface area contributed by atoms with Crippen molar-refractivity contribution in [2.24, 2.45) is 0 Å². The molecule has 16 heavy (non-hydrogen) atoms. The summed E-state index contributed by atoms with van der Waals surface area (Å²) in [6, 6.07) is 5.02. The Kier molecular flexibility index (Phi) is 2.18. The maximum absolute atomic E-state index is 12.1. The van der Waals surface area contributed by atoms with Crippen molar-refractivity contribution in [3.8, 4) is 0 Å². The molecule has 2 heterocycles. The number of pyridine rings is 1. The molecule has 1 aliphatic rings. The summed E-state index contributed by atoms with van der Waals surface area (Å²) < 4.78 is 0. The number of hydrogen-bond acceptors (Lipinski definition) is 3. The number of nitrogens with zero attached hydrogens (tertiary/aromatic N) is 3. The Morgan fingerprint density at radius 2 is 1.94 bits per heavy atom. The second kappa shape index (κ2) is 3.30. The molecule has 0 N–H and O–H groups in total. The van der Waals surface area contributed by atoms with Crippen LogP contribution in [0.15, 0.2) is 24.4 Å². The van der Waals surface area contributed by atoms with Gasteiger partial charge in [0.05, 0.1) is 5.69 Å². The van der Waals surface area contributed by atoms with E-state index in [0.29, 0.717) is 5.69 Å². The summed E-state index contributed by atoms with van der Waals surface area (Å²) in [5.41, 5.74) is -0.409. The van der Waals surface area contributed by atoms with Crippen molar-refractivity contribution in [2.45, 2.75) is 12.5 Å². The predicted octanol–water partition coefficient (Wildman–Crippen LogP) is 0.821. The van der Waals surface area contributed by atoms with Crippen molar-refractivity contribution in [2.75, 3.05) is 14.1 Å². The van der Waals surface area contributed by atoms with Gasteiger partial charge in [-0.15, -0.1) is 0 Å². The monoisotopic (exact) mass is 219 g/mol. The molecule has 1 fully saturated rings. The van der Waals surface area contributed by atoms with Crippen LogP contribution in [0.1, 0.15) is 12.6 Å². The van der Waals surface area contributed by atoms with Gasteiger partial charge in [-0.25, -0.2) is 4.79 Å². The molecule has 3 amide bonds. The van der Waals surface area contributed by atoms with Crippen molar-refractivity contribution >= 4 is 11.9 Å². The number of urea groups is 1. The van der Waals surface area contributed by atoms with Crippen LogP contribution in [0.5, 0.6) is 0 Å². The minimum atomic E-state index is -0.993. The van der Waals surface area contributed by atoms with Crippen molar-refractivity contribution in [1.29, 1.82) is 0 Å². The average molecular weight is 219 g/mol. The highest BCUT2D eigenvalue weighted by molar-refractivity contribution is 6.06. The van der Waals surface area contributed by atoms with E-state index in [1.165, 1.54) is 11.9 Å². The lowest BCUT2D eigenvalue weighted by atomic mass is 9.96. The standard InChI is InChI=1S/C11H13N3O2/c1-11(8-6-4-5-7-12-8)9(15)13(2)10(16)14(11)3/h4-7H,1-3H3/t11-/m1/s1. The van der Waals surface area contributed by atoms with Crippen LogP contribution >= 0.6 is 0 Å². The van der Waals surface area contributed by atoms with E-state index >= 15 is 0 Å². The Morgan fingerprint density at radius 1 is 1.25 bits per heavy atom. The maximum atomic E-state index is 12.1. The summed E-state index contributed by atoms with van der Waals surface area (Å²) in [5, 5.41) is 0. The van der Waals surface area contributed by atoms with Gasteiger partial charge in [-0.2, -0.15) is 0 Å². The van der Waals surface area contributed by atoms with Crippen LogP contribution in [0.4, 0.5) is 4.79 Å². The number of carbonyl (C=O) groups excluding carboxylic acids is 2. The van der Waals surface area contributed by atoms with E-state index in [4.69, 9.17) is 0 Å². The molecule has 1 atom stereocenters. The first kappa shape index (κ1) is 10.6. The van der Waals surface area contributed by atoms with Crippen LogP contribution in [-0.2, 0) is 10.3 Å². The summed E-state index contributed by atoms with van der Waals surface area (Å²) in [4.78, 5) is 30.5. The number of imide groups is 1. The number of rotatable bonds is 1. The van der Waals surface area contributed by atoms with E-state index in [0.717, 1.165) is 4.90 Å². The van der Waals surface area contributed by atoms with Crippen molar-refractivity contribution in [1.82, 2.24) is 14.8 Å². The molecule has 1 aliphatic heterocycles. The Labute approximate surface area is 93.7 Å². The third-order valence-electron chi connectivity index (χ3n) is 3.13. The SMILES string of the molecule is CN1C(=O)N(C)[C@](C)(c2ccccn2)C1=O. The van der Waals surface area contributed by atoms with Gasteiger partial charge in [-0.05, 0) is 19.1 Å². The average Bonchev–Trinajstić information content (AvgIpc) is 2.47. The van der Waals surface area contributed by atoms with Gasteiger partial charge in [0.25, 0.3) is 5.91 Å². The maximum Gasteiger partial charge on any atom is 0.327 e. The van der Waals surface area contributed by atoms with Crippen LogP contribution < -0.4 is 0 Å². The lowest BCUT2D eigenvalue weighted by molar-refractivity contribution is -0.132. The van der Waals surface area contributed by atoms with Gasteiger partial charge in [-0.3, -0.25) is 14.7 Å². The summed E-state index contributed by atoms with van der Waals surface area (Å²) in [5.74, 6) is -0.251. The molecule has 0 spiro atoms. The van der Waals surface area contributed by atoms with Gasteiger partial charge >= 0.3 is 6.03 Å². The van der Waals surface area contributed by atoms with Crippen LogP contribution in [0.3, 0.4) is 0 Å². The van der Waals surface area contributed by atoms with Crippen molar-refractivity contribution in [3.63, 3.8) is 0 Å². The number of likely N-dealkylation sites (N-methyl/N-ethyl adjacent to an activating group) is 2. The Hall–Kier alpha value is -1.91. The van der Waals surface area contributed by atoms with Gasteiger partial charge < -0.3 is 4.90 Å². The molecule has 0 aliphatic carbocycles. The zero-order valence-corrected chi connectivity index (χ0v) is 9.47. The van der Waals surface area contributed by atoms with Gasteiger partial charge in [0.1, 0.15) is 0 Å². The predicted molar refractivity (Wildman–Crippen MR) is 57.5 cm³/mol. The molecule has 1 aromatic rings. The third-order valence-corrected chi connectivity index (χ3v) is 3.13. The first-order valence-corrected chi connectivity index (χ1v) is 4.97. The molecule has 2 rings (SSSR count). The highest BCUT2D eigenvalue weighted by Crippen LogP contribution is 2.33. The quantitative estimate of drug-likeness (QED) is 0.657. The fourth-order valence-corrected chi connectivity index (χ4v) is 1.91. The van der Waals surface area contributed by atoms with E-state index in [9.17, 15) is 9.59 Å². The second-order valence-electron chi connectivity index (χ2n) is 3.99. The molecule has 1 saturated heterocycles. The minimum Gasteiger partial charge on any atom is -0.307 e. The molecule has 0 radical (unpaired) electrons.